The van der Waals surface area contributed by atoms with Crippen LogP contribution in [0.4, 0.5) is 0 Å². The van der Waals surface area contributed by atoms with Gasteiger partial charge in [0.05, 0.1) is 0 Å². The summed E-state index contributed by atoms with van der Waals surface area (Å²) in [5.74, 6) is -0.878. The minimum atomic E-state index is -0.513. The molecule has 74 valence electrons. The Kier molecular flexibility index (Phi) is 3.85. The molecule has 1 aromatic rings. The highest BCUT2D eigenvalue weighted by Crippen LogP contribution is 2.02. The Morgan fingerprint density at radius 2 is 1.86 bits per heavy atom. The highest BCUT2D eigenvalue weighted by Gasteiger charge is 2.10. The van der Waals surface area contributed by atoms with Crippen molar-refractivity contribution in [1.82, 2.24) is 5.32 Å². The quantitative estimate of drug-likeness (QED) is 0.720. The number of nitrogens with one attached hydrogen (secondary N) is 1. The van der Waals surface area contributed by atoms with Gasteiger partial charge in [-0.25, -0.2) is 0 Å². The Bertz CT molecular complexity index is 319. The van der Waals surface area contributed by atoms with Crippen LogP contribution < -0.4 is 5.32 Å². The third-order valence-corrected chi connectivity index (χ3v) is 1.96. The van der Waals surface area contributed by atoms with E-state index in [4.69, 9.17) is 0 Å². The van der Waals surface area contributed by atoms with Crippen LogP contribution in [-0.2, 0) is 16.0 Å². The van der Waals surface area contributed by atoms with Crippen LogP contribution in [0.3, 0.4) is 0 Å². The van der Waals surface area contributed by atoms with Crippen molar-refractivity contribution in [1.29, 1.82) is 0 Å². The maximum Gasteiger partial charge on any atom is 0.287 e. The molecule has 0 aromatic heterocycles. The van der Waals surface area contributed by atoms with Crippen molar-refractivity contribution < 1.29 is 9.59 Å². The van der Waals surface area contributed by atoms with Crippen molar-refractivity contribution in [3.8, 4) is 0 Å². The molecule has 0 bridgehead atoms. The van der Waals surface area contributed by atoms with Gasteiger partial charge in [-0.2, -0.15) is 0 Å². The van der Waals surface area contributed by atoms with Gasteiger partial charge in [-0.3, -0.25) is 9.59 Å². The molecule has 0 aliphatic heterocycles. The first kappa shape index (κ1) is 10.4. The third-order valence-electron chi connectivity index (χ3n) is 1.96. The predicted molar refractivity (Wildman–Crippen MR) is 53.8 cm³/mol. The molecule has 0 radical (unpaired) electrons. The molecule has 1 aromatic carbocycles. The number of ketones is 1. The van der Waals surface area contributed by atoms with E-state index in [0.29, 0.717) is 6.42 Å². The second-order valence-corrected chi connectivity index (χ2v) is 2.99. The number of carbonyl (C=O) groups is 2. The van der Waals surface area contributed by atoms with E-state index in [-0.39, 0.29) is 12.2 Å². The van der Waals surface area contributed by atoms with E-state index in [1.54, 1.807) is 0 Å². The minimum Gasteiger partial charge on any atom is -0.353 e. The molecular formula is C11H13NO2. The molecule has 0 atom stereocenters. The molecule has 0 aliphatic carbocycles. The zero-order valence-corrected chi connectivity index (χ0v) is 8.12. The fraction of sp³-hybridized carbons (Fsp3) is 0.273. The van der Waals surface area contributed by atoms with Gasteiger partial charge in [0, 0.05) is 13.5 Å². The molecule has 0 spiro atoms. The van der Waals surface area contributed by atoms with E-state index in [1.165, 1.54) is 7.05 Å². The number of Topliss-reactive ketones (excluding diaryl/α,β-unsaturated/α-hetero) is 1. The van der Waals surface area contributed by atoms with Crippen molar-refractivity contribution in [2.24, 2.45) is 0 Å². The summed E-state index contributed by atoms with van der Waals surface area (Å²) in [7, 11) is 1.46. The first-order valence-corrected chi connectivity index (χ1v) is 4.53. The maximum absolute atomic E-state index is 11.1. The van der Waals surface area contributed by atoms with E-state index >= 15 is 0 Å². The number of aryl methyl sites for hydroxylation is 1. The summed E-state index contributed by atoms with van der Waals surface area (Å²) in [6.45, 7) is 0. The monoisotopic (exact) mass is 191 g/mol. The first-order valence-electron chi connectivity index (χ1n) is 4.53. The van der Waals surface area contributed by atoms with Crippen LogP contribution in [0, 0.1) is 0 Å². The van der Waals surface area contributed by atoms with Crippen LogP contribution in [-0.4, -0.2) is 18.7 Å². The third kappa shape index (κ3) is 3.01. The predicted octanol–water partition coefficient (Wildman–Crippen LogP) is 0.934. The molecule has 3 heteroatoms. The molecule has 0 unspecified atom stereocenters. The number of likely N-dealkylation sites (N-methyl/N-ethyl adjacent to an activating group) is 1. The SMILES string of the molecule is CNC(=O)C(=O)CCc1ccccc1. The topological polar surface area (TPSA) is 46.2 Å². The number of amides is 1. The molecule has 14 heavy (non-hydrogen) atoms. The molecule has 1 rings (SSSR count). The lowest BCUT2D eigenvalue weighted by Gasteiger charge is -1.99. The number of rotatable bonds is 4. The Hall–Kier alpha value is -1.64. The average molecular weight is 191 g/mol. The fourth-order valence-electron chi connectivity index (χ4n) is 1.16. The second kappa shape index (κ2) is 5.17. The van der Waals surface area contributed by atoms with Crippen LogP contribution in [0.25, 0.3) is 0 Å². The fourth-order valence-corrected chi connectivity index (χ4v) is 1.16. The molecule has 0 saturated carbocycles. The molecule has 0 heterocycles. The normalized spacial score (nSPS) is 9.50. The van der Waals surface area contributed by atoms with Crippen molar-refractivity contribution >= 4 is 11.7 Å². The molecule has 0 fully saturated rings. The lowest BCUT2D eigenvalue weighted by Crippen LogP contribution is -2.27. The van der Waals surface area contributed by atoms with Crippen LogP contribution >= 0.6 is 0 Å². The summed E-state index contributed by atoms with van der Waals surface area (Å²) in [6, 6.07) is 9.64. The van der Waals surface area contributed by atoms with Crippen molar-refractivity contribution in [2.75, 3.05) is 7.05 Å². The van der Waals surface area contributed by atoms with Crippen LogP contribution in [0.15, 0.2) is 30.3 Å². The lowest BCUT2D eigenvalue weighted by atomic mass is 10.1. The highest BCUT2D eigenvalue weighted by molar-refractivity contribution is 6.36. The molecule has 1 amide bonds. The molecule has 1 N–H and O–H groups in total. The summed E-state index contributed by atoms with van der Waals surface area (Å²) in [6.07, 6.45) is 0.886. The standard InChI is InChI=1S/C11H13NO2/c1-12-11(14)10(13)8-7-9-5-3-2-4-6-9/h2-6H,7-8H2,1H3,(H,12,14). The number of carbonyl (C=O) groups excluding carboxylic acids is 2. The van der Waals surface area contributed by atoms with Gasteiger partial charge in [0.25, 0.3) is 5.91 Å². The van der Waals surface area contributed by atoms with Crippen molar-refractivity contribution in [3.05, 3.63) is 35.9 Å². The number of benzene rings is 1. The molecule has 0 aliphatic rings. The van der Waals surface area contributed by atoms with Crippen molar-refractivity contribution in [3.63, 3.8) is 0 Å². The van der Waals surface area contributed by atoms with Gasteiger partial charge in [-0.05, 0) is 12.0 Å². The zero-order valence-electron chi connectivity index (χ0n) is 8.12. The average Bonchev–Trinajstić information content (AvgIpc) is 2.26. The maximum atomic E-state index is 11.1. The number of hydrogen-bond donors (Lipinski definition) is 1. The van der Waals surface area contributed by atoms with Crippen molar-refractivity contribution in [2.45, 2.75) is 12.8 Å². The van der Waals surface area contributed by atoms with Gasteiger partial charge in [0.15, 0.2) is 0 Å². The van der Waals surface area contributed by atoms with Gasteiger partial charge in [0.2, 0.25) is 5.78 Å². The van der Waals surface area contributed by atoms with Crippen LogP contribution in [0.2, 0.25) is 0 Å². The Labute approximate surface area is 83.1 Å². The lowest BCUT2D eigenvalue weighted by molar-refractivity contribution is -0.137. The summed E-state index contributed by atoms with van der Waals surface area (Å²) in [4.78, 5) is 22.0. The zero-order chi connectivity index (χ0) is 10.4. The smallest absolute Gasteiger partial charge is 0.287 e. The highest BCUT2D eigenvalue weighted by atomic mass is 16.2. The van der Waals surface area contributed by atoms with E-state index < -0.39 is 5.91 Å². The Morgan fingerprint density at radius 3 is 2.43 bits per heavy atom. The second-order valence-electron chi connectivity index (χ2n) is 2.99. The molecule has 0 saturated heterocycles. The first-order chi connectivity index (χ1) is 6.74. The Balaban J connectivity index is 2.42. The van der Waals surface area contributed by atoms with Gasteiger partial charge in [-0.15, -0.1) is 0 Å². The van der Waals surface area contributed by atoms with E-state index in [1.807, 2.05) is 30.3 Å². The summed E-state index contributed by atoms with van der Waals surface area (Å²) >= 11 is 0. The summed E-state index contributed by atoms with van der Waals surface area (Å²) in [5.41, 5.74) is 1.07. The van der Waals surface area contributed by atoms with Gasteiger partial charge in [-0.1, -0.05) is 30.3 Å². The largest absolute Gasteiger partial charge is 0.353 e. The summed E-state index contributed by atoms with van der Waals surface area (Å²) in [5, 5.41) is 2.31. The Morgan fingerprint density at radius 1 is 1.21 bits per heavy atom. The molecular weight excluding hydrogens is 178 g/mol. The van der Waals surface area contributed by atoms with Gasteiger partial charge in [0.1, 0.15) is 0 Å². The van der Waals surface area contributed by atoms with E-state index in [9.17, 15) is 9.59 Å². The van der Waals surface area contributed by atoms with Gasteiger partial charge >= 0.3 is 0 Å². The minimum absolute atomic E-state index is 0.268. The van der Waals surface area contributed by atoms with E-state index in [2.05, 4.69) is 5.32 Å². The number of hydrogen-bond acceptors (Lipinski definition) is 2. The van der Waals surface area contributed by atoms with Gasteiger partial charge < -0.3 is 5.32 Å². The summed E-state index contributed by atoms with van der Waals surface area (Å²) < 4.78 is 0. The molecule has 3 nitrogen and oxygen atoms in total. The van der Waals surface area contributed by atoms with E-state index in [0.717, 1.165) is 5.56 Å². The van der Waals surface area contributed by atoms with Crippen LogP contribution in [0.1, 0.15) is 12.0 Å². The van der Waals surface area contributed by atoms with Crippen LogP contribution in [0.5, 0.6) is 0 Å².